The summed E-state index contributed by atoms with van der Waals surface area (Å²) >= 11 is 1.47. The summed E-state index contributed by atoms with van der Waals surface area (Å²) in [7, 11) is 0. The number of carbonyl (C=O) groups excluding carboxylic acids is 1. The van der Waals surface area contributed by atoms with Crippen molar-refractivity contribution < 1.29 is 4.79 Å². The Balaban J connectivity index is 1.84. The third-order valence-electron chi connectivity index (χ3n) is 3.42. The minimum atomic E-state index is -0.129. The Hall–Kier alpha value is -1.82. The first-order valence-corrected chi connectivity index (χ1v) is 7.87. The molecule has 0 atom stereocenters. The van der Waals surface area contributed by atoms with Crippen molar-refractivity contribution in [3.8, 4) is 0 Å². The zero-order valence-corrected chi connectivity index (χ0v) is 12.1. The predicted octanol–water partition coefficient (Wildman–Crippen LogP) is 2.59. The van der Waals surface area contributed by atoms with Crippen LogP contribution >= 0.6 is 11.8 Å². The maximum atomic E-state index is 12.4. The Morgan fingerprint density at radius 3 is 3.15 bits per heavy atom. The molecule has 6 heteroatoms. The summed E-state index contributed by atoms with van der Waals surface area (Å²) in [6.07, 6.45) is 8.65. The second-order valence-electron chi connectivity index (χ2n) is 4.68. The van der Waals surface area contributed by atoms with Gasteiger partial charge in [-0.25, -0.2) is 9.97 Å². The highest BCUT2D eigenvalue weighted by Crippen LogP contribution is 2.22. The minimum absolute atomic E-state index is 0.129. The fraction of sp³-hybridized carbons (Fsp3) is 0.357. The van der Waals surface area contributed by atoms with Crippen molar-refractivity contribution in [3.05, 3.63) is 35.9 Å². The minimum Gasteiger partial charge on any atom is -0.315 e. The number of thioether (sulfide) groups is 1. The van der Waals surface area contributed by atoms with Gasteiger partial charge in [-0.3, -0.25) is 4.79 Å². The van der Waals surface area contributed by atoms with E-state index < -0.39 is 0 Å². The van der Waals surface area contributed by atoms with E-state index in [0.717, 1.165) is 36.1 Å². The highest BCUT2D eigenvalue weighted by Gasteiger charge is 2.17. The first kappa shape index (κ1) is 13.2. The van der Waals surface area contributed by atoms with E-state index in [4.69, 9.17) is 0 Å². The fourth-order valence-electron chi connectivity index (χ4n) is 2.43. The Bertz CT molecular complexity index is 638. The number of rotatable bonds is 3. The summed E-state index contributed by atoms with van der Waals surface area (Å²) in [6, 6.07) is 3.57. The molecule has 0 aromatic carbocycles. The molecular formula is C14H16N4OS. The van der Waals surface area contributed by atoms with Gasteiger partial charge in [-0.05, 0) is 31.2 Å². The van der Waals surface area contributed by atoms with E-state index in [-0.39, 0.29) is 5.91 Å². The monoisotopic (exact) mass is 288 g/mol. The van der Waals surface area contributed by atoms with Crippen molar-refractivity contribution in [1.29, 1.82) is 0 Å². The number of aryl methyl sites for hydroxylation is 1. The molecule has 5 nitrogen and oxygen atoms in total. The molecule has 0 bridgehead atoms. The number of hydrogen-bond donors (Lipinski definition) is 1. The molecule has 1 aliphatic rings. The Morgan fingerprint density at radius 2 is 2.30 bits per heavy atom. The predicted molar refractivity (Wildman–Crippen MR) is 79.1 cm³/mol. The van der Waals surface area contributed by atoms with Crippen molar-refractivity contribution in [2.75, 3.05) is 11.6 Å². The summed E-state index contributed by atoms with van der Waals surface area (Å²) in [5, 5.41) is 3.69. The van der Waals surface area contributed by atoms with Crippen molar-refractivity contribution in [3.63, 3.8) is 0 Å². The largest absolute Gasteiger partial charge is 0.315 e. The van der Waals surface area contributed by atoms with E-state index in [9.17, 15) is 4.79 Å². The van der Waals surface area contributed by atoms with Gasteiger partial charge < -0.3 is 9.88 Å². The van der Waals surface area contributed by atoms with E-state index in [1.54, 1.807) is 24.5 Å². The quantitative estimate of drug-likeness (QED) is 0.882. The van der Waals surface area contributed by atoms with Gasteiger partial charge in [0.25, 0.3) is 5.91 Å². The van der Waals surface area contributed by atoms with Crippen molar-refractivity contribution in [1.82, 2.24) is 14.5 Å². The van der Waals surface area contributed by atoms with Crippen LogP contribution in [0.15, 0.2) is 29.6 Å². The van der Waals surface area contributed by atoms with Crippen molar-refractivity contribution >= 4 is 23.5 Å². The highest BCUT2D eigenvalue weighted by molar-refractivity contribution is 7.98. The van der Waals surface area contributed by atoms with E-state index >= 15 is 0 Å². The molecule has 20 heavy (non-hydrogen) atoms. The summed E-state index contributed by atoms with van der Waals surface area (Å²) in [5.74, 6) is 1.71. The zero-order chi connectivity index (χ0) is 13.9. The van der Waals surface area contributed by atoms with Gasteiger partial charge in [-0.15, -0.1) is 11.8 Å². The third kappa shape index (κ3) is 2.43. The molecule has 0 saturated heterocycles. The topological polar surface area (TPSA) is 59.8 Å². The maximum Gasteiger partial charge on any atom is 0.259 e. The third-order valence-corrected chi connectivity index (χ3v) is 4.13. The van der Waals surface area contributed by atoms with E-state index in [2.05, 4.69) is 19.9 Å². The molecule has 1 N–H and O–H groups in total. The van der Waals surface area contributed by atoms with Crippen LogP contribution in [0, 0.1) is 0 Å². The number of imidazole rings is 1. The van der Waals surface area contributed by atoms with Gasteiger partial charge in [0.2, 0.25) is 0 Å². The van der Waals surface area contributed by atoms with Crippen LogP contribution in [0.3, 0.4) is 0 Å². The van der Waals surface area contributed by atoms with Gasteiger partial charge in [0.05, 0.1) is 11.8 Å². The number of amides is 1. The standard InChI is InChI=1S/C14H16N4OS/c1-20-14-10(5-4-7-15-14)13(19)17-12-9-16-11-6-2-3-8-18(11)12/h4-5,7,9H,2-3,6,8H2,1H3,(H,17,19). The van der Waals surface area contributed by atoms with Gasteiger partial charge in [0.15, 0.2) is 0 Å². The first-order valence-electron chi connectivity index (χ1n) is 6.64. The number of nitrogens with zero attached hydrogens (tertiary/aromatic N) is 3. The van der Waals surface area contributed by atoms with E-state index in [0.29, 0.717) is 5.56 Å². The van der Waals surface area contributed by atoms with Crippen LogP contribution in [0.1, 0.15) is 29.0 Å². The number of pyridine rings is 1. The fourth-order valence-corrected chi connectivity index (χ4v) is 2.97. The second kappa shape index (κ2) is 5.66. The lowest BCUT2D eigenvalue weighted by atomic mass is 10.2. The average molecular weight is 288 g/mol. The molecule has 0 unspecified atom stereocenters. The summed E-state index contributed by atoms with van der Waals surface area (Å²) < 4.78 is 2.09. The van der Waals surface area contributed by atoms with Gasteiger partial charge >= 0.3 is 0 Å². The number of anilines is 1. The molecule has 2 aromatic rings. The number of hydrogen-bond acceptors (Lipinski definition) is 4. The van der Waals surface area contributed by atoms with E-state index in [1.807, 2.05) is 6.26 Å². The van der Waals surface area contributed by atoms with Crippen LogP contribution in [-0.2, 0) is 13.0 Å². The molecule has 0 fully saturated rings. The lowest BCUT2D eigenvalue weighted by molar-refractivity contribution is 0.102. The maximum absolute atomic E-state index is 12.4. The van der Waals surface area contributed by atoms with Crippen LogP contribution in [0.2, 0.25) is 0 Å². The number of carbonyl (C=O) groups is 1. The molecule has 0 saturated carbocycles. The zero-order valence-electron chi connectivity index (χ0n) is 11.3. The molecule has 0 spiro atoms. The van der Waals surface area contributed by atoms with Crippen LogP contribution in [-0.4, -0.2) is 26.7 Å². The first-order chi connectivity index (χ1) is 9.79. The highest BCUT2D eigenvalue weighted by atomic mass is 32.2. The van der Waals surface area contributed by atoms with Crippen molar-refractivity contribution in [2.24, 2.45) is 0 Å². The van der Waals surface area contributed by atoms with Crippen LogP contribution < -0.4 is 5.32 Å². The lowest BCUT2D eigenvalue weighted by Gasteiger charge is -2.16. The van der Waals surface area contributed by atoms with Gasteiger partial charge in [0.1, 0.15) is 16.7 Å². The Labute approximate surface area is 121 Å². The second-order valence-corrected chi connectivity index (χ2v) is 5.48. The molecule has 3 heterocycles. The summed E-state index contributed by atoms with van der Waals surface area (Å²) in [6.45, 7) is 0.924. The Morgan fingerprint density at radius 1 is 1.40 bits per heavy atom. The van der Waals surface area contributed by atoms with Gasteiger partial charge in [-0.2, -0.15) is 0 Å². The Kier molecular flexibility index (Phi) is 3.73. The molecule has 3 rings (SSSR count). The molecule has 0 aliphatic carbocycles. The number of nitrogens with one attached hydrogen (secondary N) is 1. The van der Waals surface area contributed by atoms with Crippen LogP contribution in [0.4, 0.5) is 5.82 Å². The smallest absolute Gasteiger partial charge is 0.259 e. The molecule has 2 aromatic heterocycles. The van der Waals surface area contributed by atoms with Crippen molar-refractivity contribution in [2.45, 2.75) is 30.8 Å². The molecule has 1 amide bonds. The van der Waals surface area contributed by atoms with Gasteiger partial charge in [-0.1, -0.05) is 0 Å². The number of fused-ring (bicyclic) bond motifs is 1. The SMILES string of the molecule is CSc1ncccc1C(=O)Nc1cnc2n1CCCC2. The van der Waals surface area contributed by atoms with Gasteiger partial charge in [0, 0.05) is 19.2 Å². The van der Waals surface area contributed by atoms with Crippen LogP contribution in [0.25, 0.3) is 0 Å². The van der Waals surface area contributed by atoms with E-state index in [1.165, 1.54) is 18.2 Å². The number of aromatic nitrogens is 3. The lowest BCUT2D eigenvalue weighted by Crippen LogP contribution is -2.19. The average Bonchev–Trinajstić information content (AvgIpc) is 2.90. The summed E-state index contributed by atoms with van der Waals surface area (Å²) in [5.41, 5.74) is 0.603. The summed E-state index contributed by atoms with van der Waals surface area (Å²) in [4.78, 5) is 21.0. The normalized spacial score (nSPS) is 13.8. The molecule has 104 valence electrons. The molecule has 0 radical (unpaired) electrons. The molecular weight excluding hydrogens is 272 g/mol. The van der Waals surface area contributed by atoms with Crippen LogP contribution in [0.5, 0.6) is 0 Å². The molecule has 1 aliphatic heterocycles.